The fraction of sp³-hybridized carbons (Fsp3) is 0.294. The molecule has 2 heteroatoms. The number of halogens is 1. The Labute approximate surface area is 120 Å². The van der Waals surface area contributed by atoms with Crippen LogP contribution in [-0.2, 0) is 6.54 Å². The van der Waals surface area contributed by atoms with Crippen LogP contribution < -0.4 is 5.32 Å². The van der Waals surface area contributed by atoms with Crippen LogP contribution in [0.1, 0.15) is 25.0 Å². The quantitative estimate of drug-likeness (QED) is 0.843. The zero-order valence-corrected chi connectivity index (χ0v) is 12.5. The molecule has 2 rings (SSSR count). The summed E-state index contributed by atoms with van der Waals surface area (Å²) < 4.78 is 0. The summed E-state index contributed by atoms with van der Waals surface area (Å²) in [6.45, 7) is 7.28. The van der Waals surface area contributed by atoms with Crippen LogP contribution in [-0.4, -0.2) is 6.04 Å². The number of rotatable bonds is 4. The predicted octanol–water partition coefficient (Wildman–Crippen LogP) is 4.81. The zero-order chi connectivity index (χ0) is 13.8. The van der Waals surface area contributed by atoms with Gasteiger partial charge in [-0.2, -0.15) is 0 Å². The molecule has 1 nitrogen and oxygen atoms in total. The molecule has 0 bridgehead atoms. The highest BCUT2D eigenvalue weighted by molar-refractivity contribution is 6.30. The van der Waals surface area contributed by atoms with E-state index in [1.807, 2.05) is 6.07 Å². The third-order valence-electron chi connectivity index (χ3n) is 3.20. The lowest BCUT2D eigenvalue weighted by atomic mass is 9.96. The maximum Gasteiger partial charge on any atom is 0.0409 e. The number of nitrogens with one attached hydrogen (secondary N) is 1. The summed E-state index contributed by atoms with van der Waals surface area (Å²) >= 11 is 6.13. The van der Waals surface area contributed by atoms with Gasteiger partial charge in [0.15, 0.2) is 0 Å². The average molecular weight is 274 g/mol. The molecule has 0 saturated carbocycles. The van der Waals surface area contributed by atoms with E-state index in [4.69, 9.17) is 11.6 Å². The van der Waals surface area contributed by atoms with Gasteiger partial charge in [0, 0.05) is 17.6 Å². The minimum absolute atomic E-state index is 0.462. The Morgan fingerprint density at radius 2 is 1.79 bits per heavy atom. The molecule has 0 unspecified atom stereocenters. The largest absolute Gasteiger partial charge is 0.310 e. The lowest BCUT2D eigenvalue weighted by Gasteiger charge is -2.15. The Bertz CT molecular complexity index is 561. The lowest BCUT2D eigenvalue weighted by Crippen LogP contribution is -2.22. The molecule has 0 aliphatic heterocycles. The Hall–Kier alpha value is -1.31. The molecule has 19 heavy (non-hydrogen) atoms. The van der Waals surface area contributed by atoms with Crippen LogP contribution >= 0.6 is 11.6 Å². The maximum absolute atomic E-state index is 6.13. The van der Waals surface area contributed by atoms with Gasteiger partial charge in [0.25, 0.3) is 0 Å². The molecular weight excluding hydrogens is 254 g/mol. The topological polar surface area (TPSA) is 12.0 Å². The number of hydrogen-bond donors (Lipinski definition) is 1. The first kappa shape index (κ1) is 14.1. The maximum atomic E-state index is 6.13. The van der Waals surface area contributed by atoms with Gasteiger partial charge in [-0.05, 0) is 41.3 Å². The van der Waals surface area contributed by atoms with Crippen molar-refractivity contribution in [2.75, 3.05) is 0 Å². The summed E-state index contributed by atoms with van der Waals surface area (Å²) in [4.78, 5) is 0. The SMILES string of the molecule is Cc1ccccc1-c1ccc(Cl)cc1CNC(C)C. The van der Waals surface area contributed by atoms with Gasteiger partial charge >= 0.3 is 0 Å². The minimum atomic E-state index is 0.462. The number of benzene rings is 2. The third kappa shape index (κ3) is 3.59. The van der Waals surface area contributed by atoms with Crippen molar-refractivity contribution in [3.05, 3.63) is 58.6 Å². The van der Waals surface area contributed by atoms with E-state index >= 15 is 0 Å². The van der Waals surface area contributed by atoms with Crippen LogP contribution in [0.15, 0.2) is 42.5 Å². The van der Waals surface area contributed by atoms with Crippen LogP contribution in [0.25, 0.3) is 11.1 Å². The van der Waals surface area contributed by atoms with Gasteiger partial charge in [-0.25, -0.2) is 0 Å². The summed E-state index contributed by atoms with van der Waals surface area (Å²) in [6.07, 6.45) is 0. The molecule has 1 N–H and O–H groups in total. The first-order valence-corrected chi connectivity index (χ1v) is 7.03. The summed E-state index contributed by atoms with van der Waals surface area (Å²) in [5.74, 6) is 0. The third-order valence-corrected chi connectivity index (χ3v) is 3.44. The Balaban J connectivity index is 2.42. The Kier molecular flexibility index (Phi) is 4.62. The van der Waals surface area contributed by atoms with Crippen LogP contribution in [0.5, 0.6) is 0 Å². The van der Waals surface area contributed by atoms with Gasteiger partial charge in [0.05, 0.1) is 0 Å². The predicted molar refractivity (Wildman–Crippen MR) is 83.6 cm³/mol. The van der Waals surface area contributed by atoms with Crippen molar-refractivity contribution >= 4 is 11.6 Å². The molecule has 0 aliphatic carbocycles. The molecule has 0 saturated heterocycles. The fourth-order valence-corrected chi connectivity index (χ4v) is 2.36. The number of aryl methyl sites for hydroxylation is 1. The van der Waals surface area contributed by atoms with Crippen LogP contribution in [0.3, 0.4) is 0 Å². The van der Waals surface area contributed by atoms with Crippen molar-refractivity contribution in [3.8, 4) is 11.1 Å². The molecule has 100 valence electrons. The van der Waals surface area contributed by atoms with Crippen molar-refractivity contribution in [2.45, 2.75) is 33.4 Å². The molecule has 0 aliphatic rings. The molecule has 0 fully saturated rings. The number of hydrogen-bond acceptors (Lipinski definition) is 1. The van der Waals surface area contributed by atoms with E-state index in [1.165, 1.54) is 22.3 Å². The molecular formula is C17H20ClN. The monoisotopic (exact) mass is 273 g/mol. The highest BCUT2D eigenvalue weighted by Crippen LogP contribution is 2.29. The van der Waals surface area contributed by atoms with E-state index < -0.39 is 0 Å². The van der Waals surface area contributed by atoms with Gasteiger partial charge < -0.3 is 5.32 Å². The van der Waals surface area contributed by atoms with E-state index in [0.29, 0.717) is 6.04 Å². The zero-order valence-electron chi connectivity index (χ0n) is 11.7. The summed E-state index contributed by atoms with van der Waals surface area (Å²) in [7, 11) is 0. The second-order valence-electron chi connectivity index (χ2n) is 5.15. The molecule has 0 atom stereocenters. The summed E-state index contributed by atoms with van der Waals surface area (Å²) in [6, 6.07) is 15.0. The van der Waals surface area contributed by atoms with Crippen LogP contribution in [0.2, 0.25) is 5.02 Å². The van der Waals surface area contributed by atoms with Gasteiger partial charge in [0.1, 0.15) is 0 Å². The van der Waals surface area contributed by atoms with E-state index in [1.54, 1.807) is 0 Å². The van der Waals surface area contributed by atoms with Gasteiger partial charge in [0.2, 0.25) is 0 Å². The molecule has 0 heterocycles. The fourth-order valence-electron chi connectivity index (χ4n) is 2.16. The van der Waals surface area contributed by atoms with Crippen molar-refractivity contribution in [1.82, 2.24) is 5.32 Å². The molecule has 0 amide bonds. The van der Waals surface area contributed by atoms with E-state index in [9.17, 15) is 0 Å². The molecule has 0 spiro atoms. The highest BCUT2D eigenvalue weighted by atomic mass is 35.5. The average Bonchev–Trinajstić information content (AvgIpc) is 2.37. The van der Waals surface area contributed by atoms with E-state index in [-0.39, 0.29) is 0 Å². The normalized spacial score (nSPS) is 11.0. The van der Waals surface area contributed by atoms with Crippen LogP contribution in [0.4, 0.5) is 0 Å². The first-order valence-electron chi connectivity index (χ1n) is 6.65. The molecule has 0 aromatic heterocycles. The molecule has 2 aromatic rings. The van der Waals surface area contributed by atoms with Crippen molar-refractivity contribution in [3.63, 3.8) is 0 Å². The molecule has 2 aromatic carbocycles. The lowest BCUT2D eigenvalue weighted by molar-refractivity contribution is 0.589. The smallest absolute Gasteiger partial charge is 0.0409 e. The van der Waals surface area contributed by atoms with Gasteiger partial charge in [-0.3, -0.25) is 0 Å². The van der Waals surface area contributed by atoms with E-state index in [2.05, 4.69) is 62.5 Å². The van der Waals surface area contributed by atoms with Crippen molar-refractivity contribution < 1.29 is 0 Å². The standard InChI is InChI=1S/C17H20ClN/c1-12(2)19-11-14-10-15(18)8-9-17(14)16-7-5-4-6-13(16)3/h4-10,12,19H,11H2,1-3H3. The van der Waals surface area contributed by atoms with E-state index in [0.717, 1.165) is 11.6 Å². The first-order chi connectivity index (χ1) is 9.08. The second-order valence-corrected chi connectivity index (χ2v) is 5.59. The van der Waals surface area contributed by atoms with Crippen molar-refractivity contribution in [1.29, 1.82) is 0 Å². The molecule has 0 radical (unpaired) electrons. The summed E-state index contributed by atoms with van der Waals surface area (Å²) in [5, 5.41) is 4.25. The second kappa shape index (κ2) is 6.23. The van der Waals surface area contributed by atoms with Crippen molar-refractivity contribution in [2.24, 2.45) is 0 Å². The Morgan fingerprint density at radius 1 is 1.05 bits per heavy atom. The highest BCUT2D eigenvalue weighted by Gasteiger charge is 2.08. The minimum Gasteiger partial charge on any atom is -0.310 e. The van der Waals surface area contributed by atoms with Crippen LogP contribution in [0, 0.1) is 6.92 Å². The van der Waals surface area contributed by atoms with Gasteiger partial charge in [-0.1, -0.05) is 55.8 Å². The van der Waals surface area contributed by atoms with Gasteiger partial charge in [-0.15, -0.1) is 0 Å². The Morgan fingerprint density at radius 3 is 2.47 bits per heavy atom. The summed E-state index contributed by atoms with van der Waals surface area (Å²) in [5.41, 5.74) is 5.07.